The summed E-state index contributed by atoms with van der Waals surface area (Å²) < 4.78 is 17.7. The maximum absolute atomic E-state index is 13.3. The van der Waals surface area contributed by atoms with Crippen LogP contribution in [0, 0.1) is 5.41 Å². The van der Waals surface area contributed by atoms with E-state index in [1.165, 1.54) is 70.6 Å². The summed E-state index contributed by atoms with van der Waals surface area (Å²) in [5.74, 6) is -0.445. The van der Waals surface area contributed by atoms with Gasteiger partial charge in [-0.1, -0.05) is 124 Å². The molecule has 1 saturated heterocycles. The summed E-state index contributed by atoms with van der Waals surface area (Å²) in [6.45, 7) is 13.2. The first-order chi connectivity index (χ1) is 24.5. The lowest BCUT2D eigenvalue weighted by Gasteiger charge is -2.27. The van der Waals surface area contributed by atoms with Crippen molar-refractivity contribution in [2.75, 3.05) is 40.3 Å². The molecule has 1 heterocycles. The van der Waals surface area contributed by atoms with Gasteiger partial charge >= 0.3 is 17.9 Å². The van der Waals surface area contributed by atoms with Gasteiger partial charge in [0, 0.05) is 19.5 Å². The van der Waals surface area contributed by atoms with E-state index in [0.717, 1.165) is 83.6 Å². The minimum absolute atomic E-state index is 0.0429. The largest absolute Gasteiger partial charge is 0.465 e. The zero-order valence-corrected chi connectivity index (χ0v) is 34.6. The maximum atomic E-state index is 13.3. The van der Waals surface area contributed by atoms with Crippen molar-refractivity contribution in [3.05, 3.63) is 0 Å². The second-order valence-electron chi connectivity index (χ2n) is 16.3. The summed E-state index contributed by atoms with van der Waals surface area (Å²) in [5, 5.41) is 0. The number of likely N-dealkylation sites (tertiary alicyclic amines) is 1. The van der Waals surface area contributed by atoms with Crippen molar-refractivity contribution < 1.29 is 28.6 Å². The zero-order valence-electron chi connectivity index (χ0n) is 34.6. The highest BCUT2D eigenvalue weighted by atomic mass is 16.6. The molecule has 0 saturated carbocycles. The molecule has 1 fully saturated rings. The van der Waals surface area contributed by atoms with Gasteiger partial charge < -0.3 is 19.1 Å². The van der Waals surface area contributed by atoms with Crippen LogP contribution >= 0.6 is 0 Å². The molecule has 0 spiro atoms. The average molecular weight is 723 g/mol. The maximum Gasteiger partial charge on any atom is 0.323 e. The summed E-state index contributed by atoms with van der Waals surface area (Å²) in [6, 6.07) is -0.351. The Morgan fingerprint density at radius 1 is 0.725 bits per heavy atom. The molecule has 0 aromatic heterocycles. The number of ether oxygens (including phenoxy) is 3. The summed E-state index contributed by atoms with van der Waals surface area (Å²) in [5.41, 5.74) is -0.498. The molecule has 1 aliphatic heterocycles. The van der Waals surface area contributed by atoms with Crippen LogP contribution in [0.4, 0.5) is 0 Å². The fraction of sp³-hybridized carbons (Fsp3) is 0.930. The number of esters is 3. The molecule has 2 atom stereocenters. The van der Waals surface area contributed by atoms with Gasteiger partial charge in [0.2, 0.25) is 0 Å². The van der Waals surface area contributed by atoms with E-state index in [2.05, 4.69) is 25.7 Å². The van der Waals surface area contributed by atoms with Crippen molar-refractivity contribution >= 4 is 17.9 Å². The van der Waals surface area contributed by atoms with Crippen LogP contribution in [0.25, 0.3) is 0 Å². The van der Waals surface area contributed by atoms with Crippen LogP contribution in [0.2, 0.25) is 0 Å². The molecule has 0 amide bonds. The topological polar surface area (TPSA) is 85.4 Å². The van der Waals surface area contributed by atoms with E-state index in [-0.39, 0.29) is 36.2 Å². The molecule has 0 N–H and O–H groups in total. The molecule has 0 aromatic rings. The Kier molecular flexibility index (Phi) is 27.6. The van der Waals surface area contributed by atoms with Gasteiger partial charge in [-0.05, 0) is 79.4 Å². The average Bonchev–Trinajstić information content (AvgIpc) is 3.50. The minimum atomic E-state index is -0.498. The minimum Gasteiger partial charge on any atom is -0.465 e. The van der Waals surface area contributed by atoms with Gasteiger partial charge in [-0.2, -0.15) is 0 Å². The Balaban J connectivity index is 2.46. The molecular weight excluding hydrogens is 640 g/mol. The van der Waals surface area contributed by atoms with E-state index in [9.17, 15) is 14.4 Å². The SMILES string of the molecule is CCCCCCCCC(CCCCCCCC)OC(=O)C(C)(C)CCCCCCOC(=O)[C@@H]1C[C@H](OC(=O)CCN(C)C)CN1CCCCCC. The Labute approximate surface area is 314 Å². The first-order valence-electron chi connectivity index (χ1n) is 21.5. The third-order valence-corrected chi connectivity index (χ3v) is 10.5. The number of hydrogen-bond acceptors (Lipinski definition) is 8. The quantitative estimate of drug-likeness (QED) is 0.0376. The van der Waals surface area contributed by atoms with Gasteiger partial charge in [0.05, 0.1) is 18.4 Å². The van der Waals surface area contributed by atoms with Crippen LogP contribution in [0.5, 0.6) is 0 Å². The number of unbranched alkanes of at least 4 members (excludes halogenated alkanes) is 16. The molecule has 8 heteroatoms. The monoisotopic (exact) mass is 723 g/mol. The lowest BCUT2D eigenvalue weighted by molar-refractivity contribution is -0.161. The standard InChI is InChI=1S/C43H82N2O6/c1-8-11-14-17-19-23-28-37(29-24-20-18-15-12-9-2)51-42(48)43(4,5)31-25-21-22-27-34-49-41(47)39-35-38(50-40(46)30-33-44(6)7)36-45(39)32-26-16-13-10-3/h37-39H,8-36H2,1-7H3/t38-,39-/m0/s1. The molecule has 1 rings (SSSR count). The number of carbonyl (C=O) groups excluding carboxylic acids is 3. The number of carbonyl (C=O) groups is 3. The molecule has 0 radical (unpaired) electrons. The van der Waals surface area contributed by atoms with Crippen LogP contribution in [-0.2, 0) is 28.6 Å². The van der Waals surface area contributed by atoms with Crippen LogP contribution < -0.4 is 0 Å². The fourth-order valence-corrected chi connectivity index (χ4v) is 7.01. The van der Waals surface area contributed by atoms with Crippen molar-refractivity contribution in [3.8, 4) is 0 Å². The molecule has 1 aliphatic rings. The summed E-state index contributed by atoms with van der Waals surface area (Å²) in [7, 11) is 3.88. The van der Waals surface area contributed by atoms with Crippen LogP contribution in [0.15, 0.2) is 0 Å². The van der Waals surface area contributed by atoms with Gasteiger partial charge in [-0.15, -0.1) is 0 Å². The second-order valence-corrected chi connectivity index (χ2v) is 16.3. The third-order valence-electron chi connectivity index (χ3n) is 10.5. The van der Waals surface area contributed by atoms with Crippen LogP contribution in [0.3, 0.4) is 0 Å². The van der Waals surface area contributed by atoms with E-state index in [4.69, 9.17) is 14.2 Å². The predicted octanol–water partition coefficient (Wildman–Crippen LogP) is 10.4. The van der Waals surface area contributed by atoms with Crippen molar-refractivity contribution in [3.63, 3.8) is 0 Å². The summed E-state index contributed by atoms with van der Waals surface area (Å²) in [6.07, 6.45) is 26.7. The number of hydrogen-bond donors (Lipinski definition) is 0. The third kappa shape index (κ3) is 23.6. The Hall–Kier alpha value is -1.67. The fourth-order valence-electron chi connectivity index (χ4n) is 7.01. The normalized spacial score (nSPS) is 16.6. The van der Waals surface area contributed by atoms with Crippen molar-refractivity contribution in [2.24, 2.45) is 5.41 Å². The van der Waals surface area contributed by atoms with Gasteiger partial charge in [0.15, 0.2) is 0 Å². The van der Waals surface area contributed by atoms with E-state index >= 15 is 0 Å². The number of nitrogens with zero attached hydrogens (tertiary/aromatic N) is 2. The molecule has 0 unspecified atom stereocenters. The first-order valence-corrected chi connectivity index (χ1v) is 21.5. The van der Waals surface area contributed by atoms with Crippen molar-refractivity contribution in [1.29, 1.82) is 0 Å². The van der Waals surface area contributed by atoms with Gasteiger partial charge in [0.1, 0.15) is 18.2 Å². The first kappa shape index (κ1) is 47.4. The molecule has 0 aromatic carbocycles. The van der Waals surface area contributed by atoms with Gasteiger partial charge in [-0.3, -0.25) is 19.3 Å². The zero-order chi connectivity index (χ0) is 37.7. The van der Waals surface area contributed by atoms with E-state index in [1.54, 1.807) is 0 Å². The van der Waals surface area contributed by atoms with Gasteiger partial charge in [0.25, 0.3) is 0 Å². The van der Waals surface area contributed by atoms with Crippen LogP contribution in [-0.4, -0.2) is 86.3 Å². The molecule has 0 bridgehead atoms. The Morgan fingerprint density at radius 3 is 1.84 bits per heavy atom. The van der Waals surface area contributed by atoms with E-state index < -0.39 is 5.41 Å². The van der Waals surface area contributed by atoms with Crippen LogP contribution in [0.1, 0.15) is 195 Å². The molecule has 8 nitrogen and oxygen atoms in total. The molecule has 0 aliphatic carbocycles. The summed E-state index contributed by atoms with van der Waals surface area (Å²) in [4.78, 5) is 43.0. The smallest absolute Gasteiger partial charge is 0.323 e. The van der Waals surface area contributed by atoms with E-state index in [1.807, 2.05) is 32.8 Å². The Bertz CT molecular complexity index is 878. The van der Waals surface area contributed by atoms with Crippen molar-refractivity contribution in [1.82, 2.24) is 9.80 Å². The predicted molar refractivity (Wildman–Crippen MR) is 211 cm³/mol. The highest BCUT2D eigenvalue weighted by Gasteiger charge is 2.39. The van der Waals surface area contributed by atoms with E-state index in [0.29, 0.717) is 32.5 Å². The second kappa shape index (κ2) is 29.7. The molecule has 51 heavy (non-hydrogen) atoms. The lowest BCUT2D eigenvalue weighted by Crippen LogP contribution is -2.38. The highest BCUT2D eigenvalue weighted by molar-refractivity contribution is 5.77. The lowest BCUT2D eigenvalue weighted by atomic mass is 9.86. The van der Waals surface area contributed by atoms with Gasteiger partial charge in [-0.25, -0.2) is 0 Å². The molecule has 300 valence electrons. The number of rotatable bonds is 33. The molecular formula is C43H82N2O6. The Morgan fingerprint density at radius 2 is 1.25 bits per heavy atom. The highest BCUT2D eigenvalue weighted by Crippen LogP contribution is 2.29. The van der Waals surface area contributed by atoms with Crippen molar-refractivity contribution in [2.45, 2.75) is 213 Å². The summed E-state index contributed by atoms with van der Waals surface area (Å²) >= 11 is 0.